The Morgan fingerprint density at radius 1 is 1.11 bits per heavy atom. The zero-order valence-corrected chi connectivity index (χ0v) is 17.0. The molecule has 2 aromatic carbocycles. The summed E-state index contributed by atoms with van der Waals surface area (Å²) in [7, 11) is 2.15. The van der Waals surface area contributed by atoms with Crippen LogP contribution in [0, 0.1) is 12.8 Å². The maximum absolute atomic E-state index is 4.91. The summed E-state index contributed by atoms with van der Waals surface area (Å²) in [4.78, 5) is 4.91. The van der Waals surface area contributed by atoms with Crippen LogP contribution in [0.4, 0.5) is 0 Å². The van der Waals surface area contributed by atoms with E-state index in [-0.39, 0.29) is 0 Å². The number of rotatable bonds is 3. The number of aromatic nitrogens is 3. The molecule has 0 saturated heterocycles. The Balaban J connectivity index is 1.73. The number of imidazole rings is 1. The maximum atomic E-state index is 4.91. The number of para-hydroxylation sites is 2. The van der Waals surface area contributed by atoms with Crippen LogP contribution in [0.3, 0.4) is 0 Å². The summed E-state index contributed by atoms with van der Waals surface area (Å²) in [6.45, 7) is 6.79. The second-order valence-corrected chi connectivity index (χ2v) is 8.41. The molecule has 140 valence electrons. The predicted octanol–water partition coefficient (Wildman–Crippen LogP) is 4.93. The Labute approximate surface area is 166 Å². The van der Waals surface area contributed by atoms with Crippen molar-refractivity contribution in [2.45, 2.75) is 33.6 Å². The van der Waals surface area contributed by atoms with E-state index in [9.17, 15) is 0 Å². The van der Waals surface area contributed by atoms with E-state index in [1.165, 1.54) is 39.2 Å². The fourth-order valence-electron chi connectivity index (χ4n) is 4.58. The smallest absolute Gasteiger partial charge is 0.213 e. The molecule has 0 amide bonds. The van der Waals surface area contributed by atoms with Gasteiger partial charge in [0.05, 0.1) is 22.3 Å². The van der Waals surface area contributed by atoms with Crippen molar-refractivity contribution in [3.63, 3.8) is 0 Å². The van der Waals surface area contributed by atoms with Gasteiger partial charge in [-0.25, -0.2) is 9.55 Å². The molecular formula is C25H26N3+. The van der Waals surface area contributed by atoms with Gasteiger partial charge in [0.15, 0.2) is 6.20 Å². The molecule has 0 bridgehead atoms. The van der Waals surface area contributed by atoms with Crippen molar-refractivity contribution in [2.75, 3.05) is 0 Å². The van der Waals surface area contributed by atoms with Gasteiger partial charge in [-0.15, -0.1) is 0 Å². The van der Waals surface area contributed by atoms with Crippen molar-refractivity contribution < 1.29 is 4.57 Å². The SMILES string of the molecule is Cc1ccc2c(c1-c1cc(CC(C)C)cc[n+]1C)Cc1nc3ccccc3n1-2. The Kier molecular flexibility index (Phi) is 3.87. The lowest BCUT2D eigenvalue weighted by atomic mass is 9.94. The number of benzene rings is 2. The van der Waals surface area contributed by atoms with E-state index in [1.54, 1.807) is 0 Å². The van der Waals surface area contributed by atoms with Crippen molar-refractivity contribution in [3.8, 4) is 16.9 Å². The molecule has 0 aliphatic carbocycles. The zero-order valence-electron chi connectivity index (χ0n) is 17.0. The first-order valence-corrected chi connectivity index (χ1v) is 10.1. The van der Waals surface area contributed by atoms with Gasteiger partial charge in [-0.05, 0) is 54.2 Å². The van der Waals surface area contributed by atoms with Crippen molar-refractivity contribution in [2.24, 2.45) is 13.0 Å². The molecule has 0 radical (unpaired) electrons. The Bertz CT molecular complexity index is 1210. The molecule has 0 N–H and O–H groups in total. The second-order valence-electron chi connectivity index (χ2n) is 8.41. The lowest BCUT2D eigenvalue weighted by Gasteiger charge is -2.13. The highest BCUT2D eigenvalue weighted by Crippen LogP contribution is 2.38. The van der Waals surface area contributed by atoms with E-state index in [0.29, 0.717) is 5.92 Å². The minimum absolute atomic E-state index is 0.652. The van der Waals surface area contributed by atoms with Gasteiger partial charge in [0.25, 0.3) is 0 Å². The highest BCUT2D eigenvalue weighted by molar-refractivity contribution is 5.82. The molecule has 0 unspecified atom stereocenters. The van der Waals surface area contributed by atoms with Gasteiger partial charge in [-0.2, -0.15) is 0 Å². The molecule has 3 heteroatoms. The largest absolute Gasteiger partial charge is 0.296 e. The quantitative estimate of drug-likeness (QED) is 0.414. The van der Waals surface area contributed by atoms with E-state index in [1.807, 2.05) is 0 Å². The lowest BCUT2D eigenvalue weighted by molar-refractivity contribution is -0.660. The third-order valence-electron chi connectivity index (χ3n) is 5.82. The molecule has 0 fully saturated rings. The van der Waals surface area contributed by atoms with Gasteiger partial charge in [0.2, 0.25) is 5.69 Å². The number of fused-ring (bicyclic) bond motifs is 5. The number of pyridine rings is 1. The first-order valence-electron chi connectivity index (χ1n) is 10.1. The normalized spacial score (nSPS) is 12.6. The molecule has 2 aromatic heterocycles. The van der Waals surface area contributed by atoms with Crippen LogP contribution in [0.25, 0.3) is 28.0 Å². The average molecular weight is 369 g/mol. The highest BCUT2D eigenvalue weighted by atomic mass is 15.1. The summed E-state index contributed by atoms with van der Waals surface area (Å²) in [5.74, 6) is 1.79. The molecule has 28 heavy (non-hydrogen) atoms. The molecule has 0 spiro atoms. The predicted molar refractivity (Wildman–Crippen MR) is 114 cm³/mol. The molecule has 3 nitrogen and oxygen atoms in total. The summed E-state index contributed by atoms with van der Waals surface area (Å²) in [5, 5.41) is 0. The Morgan fingerprint density at radius 2 is 1.93 bits per heavy atom. The molecule has 5 rings (SSSR count). The van der Waals surface area contributed by atoms with Crippen LogP contribution in [0.1, 0.15) is 36.4 Å². The Hall–Kier alpha value is -2.94. The number of aryl methyl sites for hydroxylation is 2. The second kappa shape index (κ2) is 6.30. The van der Waals surface area contributed by atoms with Gasteiger partial charge >= 0.3 is 0 Å². The molecule has 0 atom stereocenters. The van der Waals surface area contributed by atoms with Crippen molar-refractivity contribution in [1.82, 2.24) is 9.55 Å². The van der Waals surface area contributed by atoms with E-state index in [4.69, 9.17) is 4.98 Å². The monoisotopic (exact) mass is 368 g/mol. The number of hydrogen-bond donors (Lipinski definition) is 0. The van der Waals surface area contributed by atoms with E-state index in [0.717, 1.165) is 24.2 Å². The summed E-state index contributed by atoms with van der Waals surface area (Å²) < 4.78 is 4.59. The standard InChI is InChI=1S/C25H26N3/c1-16(2)13-18-11-12-27(4)23(14-18)25-17(3)9-10-21-19(25)15-24-26-20-7-5-6-8-22(20)28(21)24/h5-12,14,16H,13,15H2,1-4H3/q+1. The van der Waals surface area contributed by atoms with Crippen molar-refractivity contribution in [3.05, 3.63) is 77.2 Å². The third kappa shape index (κ3) is 2.57. The van der Waals surface area contributed by atoms with Crippen LogP contribution >= 0.6 is 0 Å². The van der Waals surface area contributed by atoms with Gasteiger partial charge in [-0.3, -0.25) is 4.57 Å². The first-order chi connectivity index (χ1) is 13.5. The summed E-state index contributed by atoms with van der Waals surface area (Å²) in [5.41, 5.74) is 10.3. The van der Waals surface area contributed by atoms with Gasteiger partial charge in [0, 0.05) is 18.6 Å². The first kappa shape index (κ1) is 17.2. The highest BCUT2D eigenvalue weighted by Gasteiger charge is 2.28. The molecule has 1 aliphatic heterocycles. The summed E-state index contributed by atoms with van der Waals surface area (Å²) >= 11 is 0. The van der Waals surface area contributed by atoms with Crippen LogP contribution in [0.15, 0.2) is 54.7 Å². The van der Waals surface area contributed by atoms with Crippen LogP contribution in [0.5, 0.6) is 0 Å². The lowest BCUT2D eigenvalue weighted by Crippen LogP contribution is -2.31. The fraction of sp³-hybridized carbons (Fsp3) is 0.280. The van der Waals surface area contributed by atoms with Gasteiger partial charge < -0.3 is 0 Å². The zero-order chi connectivity index (χ0) is 19.4. The van der Waals surface area contributed by atoms with Crippen molar-refractivity contribution >= 4 is 11.0 Å². The fourth-order valence-corrected chi connectivity index (χ4v) is 4.58. The Morgan fingerprint density at radius 3 is 2.75 bits per heavy atom. The summed E-state index contributed by atoms with van der Waals surface area (Å²) in [6.07, 6.45) is 4.19. The minimum atomic E-state index is 0.652. The molecule has 0 saturated carbocycles. The van der Waals surface area contributed by atoms with Crippen LogP contribution in [-0.4, -0.2) is 9.55 Å². The number of nitrogens with zero attached hydrogens (tertiary/aromatic N) is 3. The maximum Gasteiger partial charge on any atom is 0.213 e. The van der Waals surface area contributed by atoms with E-state index >= 15 is 0 Å². The minimum Gasteiger partial charge on any atom is -0.296 e. The van der Waals surface area contributed by atoms with Gasteiger partial charge in [-0.1, -0.05) is 32.0 Å². The molecular weight excluding hydrogens is 342 g/mol. The third-order valence-corrected chi connectivity index (χ3v) is 5.82. The van der Waals surface area contributed by atoms with Gasteiger partial charge in [0.1, 0.15) is 12.9 Å². The number of hydrogen-bond acceptors (Lipinski definition) is 1. The molecule has 3 heterocycles. The van der Waals surface area contributed by atoms with Crippen molar-refractivity contribution in [1.29, 1.82) is 0 Å². The topological polar surface area (TPSA) is 21.7 Å². The van der Waals surface area contributed by atoms with Crippen LogP contribution in [0.2, 0.25) is 0 Å². The van der Waals surface area contributed by atoms with E-state index in [2.05, 4.69) is 91.7 Å². The average Bonchev–Trinajstić information content (AvgIpc) is 3.19. The molecule has 4 aromatic rings. The summed E-state index contributed by atoms with van der Waals surface area (Å²) in [6, 6.07) is 17.6. The van der Waals surface area contributed by atoms with Crippen LogP contribution in [-0.2, 0) is 19.9 Å². The van der Waals surface area contributed by atoms with E-state index < -0.39 is 0 Å². The van der Waals surface area contributed by atoms with Crippen LogP contribution < -0.4 is 4.57 Å². The molecule has 1 aliphatic rings.